The highest BCUT2D eigenvalue weighted by Gasteiger charge is 2.28. The molecule has 1 aliphatic rings. The molecule has 0 spiro atoms. The number of fused-ring (bicyclic) bond motifs is 1. The molecule has 0 atom stereocenters. The van der Waals surface area contributed by atoms with E-state index in [2.05, 4.69) is 10.2 Å². The number of rotatable bonds is 1. The second-order valence-corrected chi connectivity index (χ2v) is 5.55. The molecule has 0 unspecified atom stereocenters. The predicted molar refractivity (Wildman–Crippen MR) is 66.7 cm³/mol. The minimum Gasteiger partial charge on any atom is -0.444 e. The van der Waals surface area contributed by atoms with Crippen LogP contribution in [0.3, 0.4) is 0 Å². The van der Waals surface area contributed by atoms with Gasteiger partial charge in [0, 0.05) is 20.0 Å². The van der Waals surface area contributed by atoms with Crippen molar-refractivity contribution >= 4 is 11.9 Å². The van der Waals surface area contributed by atoms with Crippen molar-refractivity contribution < 1.29 is 14.3 Å². The molecule has 1 amide bonds. The summed E-state index contributed by atoms with van der Waals surface area (Å²) >= 11 is 0. The normalized spacial score (nSPS) is 15.1. The van der Waals surface area contributed by atoms with Crippen LogP contribution in [0.5, 0.6) is 0 Å². The zero-order valence-corrected chi connectivity index (χ0v) is 11.6. The number of Topliss-reactive ketones (excluding diaryl/α,β-unsaturated/α-hetero) is 1. The van der Waals surface area contributed by atoms with Crippen LogP contribution in [0.4, 0.5) is 4.79 Å². The molecule has 1 aromatic heterocycles. The zero-order chi connectivity index (χ0) is 14.2. The molecule has 0 aliphatic carbocycles. The average Bonchev–Trinajstić information content (AvgIpc) is 2.68. The summed E-state index contributed by atoms with van der Waals surface area (Å²) in [4.78, 5) is 24.9. The van der Waals surface area contributed by atoms with Crippen LogP contribution in [-0.2, 0) is 17.8 Å². The average molecular weight is 266 g/mol. The molecule has 0 saturated carbocycles. The fourth-order valence-electron chi connectivity index (χ4n) is 1.90. The highest BCUT2D eigenvalue weighted by atomic mass is 16.6. The van der Waals surface area contributed by atoms with Crippen LogP contribution < -0.4 is 0 Å². The molecule has 1 aromatic rings. The molecule has 104 valence electrons. The van der Waals surface area contributed by atoms with Gasteiger partial charge in [0.25, 0.3) is 0 Å². The van der Waals surface area contributed by atoms with Gasteiger partial charge in [-0.15, -0.1) is 10.2 Å². The fraction of sp³-hybridized carbons (Fsp3) is 0.667. The lowest BCUT2D eigenvalue weighted by Crippen LogP contribution is -2.42. The number of amides is 1. The molecular weight excluding hydrogens is 248 g/mol. The maximum absolute atomic E-state index is 11.9. The van der Waals surface area contributed by atoms with Crippen LogP contribution >= 0.6 is 0 Å². The Hall–Kier alpha value is -1.92. The van der Waals surface area contributed by atoms with Crippen molar-refractivity contribution in [3.63, 3.8) is 0 Å². The van der Waals surface area contributed by atoms with E-state index in [-0.39, 0.29) is 11.9 Å². The van der Waals surface area contributed by atoms with E-state index in [0.29, 0.717) is 31.3 Å². The van der Waals surface area contributed by atoms with Crippen LogP contribution in [0.2, 0.25) is 0 Å². The molecule has 0 N–H and O–H groups in total. The van der Waals surface area contributed by atoms with Gasteiger partial charge in [-0.25, -0.2) is 4.79 Å². The number of aromatic nitrogens is 3. The summed E-state index contributed by atoms with van der Waals surface area (Å²) in [5, 5.41) is 7.80. The summed E-state index contributed by atoms with van der Waals surface area (Å²) < 4.78 is 7.06. The molecule has 0 radical (unpaired) electrons. The molecule has 2 heterocycles. The third kappa shape index (κ3) is 2.91. The Morgan fingerprint density at radius 1 is 1.21 bits per heavy atom. The maximum Gasteiger partial charge on any atom is 0.410 e. The van der Waals surface area contributed by atoms with E-state index in [0.717, 1.165) is 0 Å². The number of carbonyl (C=O) groups excluding carboxylic acids is 2. The lowest BCUT2D eigenvalue weighted by Gasteiger charge is -2.30. The van der Waals surface area contributed by atoms with Crippen LogP contribution in [-0.4, -0.2) is 43.7 Å². The molecule has 1 aliphatic heterocycles. The minimum absolute atomic E-state index is 0.121. The zero-order valence-electron chi connectivity index (χ0n) is 11.6. The second-order valence-electron chi connectivity index (χ2n) is 5.55. The van der Waals surface area contributed by atoms with Gasteiger partial charge >= 0.3 is 6.09 Å². The third-order valence-electron chi connectivity index (χ3n) is 2.72. The van der Waals surface area contributed by atoms with E-state index in [9.17, 15) is 9.59 Å². The number of hydrogen-bond acceptors (Lipinski definition) is 5. The standard InChI is InChI=1S/C12H18N4O3/c1-8(17)10-14-13-9-7-15(5-6-16(9)10)11(18)19-12(2,3)4/h5-7H2,1-4H3. The molecule has 0 bridgehead atoms. The number of hydrogen-bond donors (Lipinski definition) is 0. The Labute approximate surface area is 111 Å². The molecule has 2 rings (SSSR count). The van der Waals surface area contributed by atoms with Crippen molar-refractivity contribution in [3.8, 4) is 0 Å². The molecule has 19 heavy (non-hydrogen) atoms. The number of carbonyl (C=O) groups is 2. The largest absolute Gasteiger partial charge is 0.444 e. The van der Waals surface area contributed by atoms with Crippen molar-refractivity contribution in [1.29, 1.82) is 0 Å². The van der Waals surface area contributed by atoms with Gasteiger partial charge < -0.3 is 9.30 Å². The van der Waals surface area contributed by atoms with Crippen LogP contribution in [0, 0.1) is 0 Å². The van der Waals surface area contributed by atoms with E-state index in [1.54, 1.807) is 9.47 Å². The Morgan fingerprint density at radius 3 is 2.47 bits per heavy atom. The van der Waals surface area contributed by atoms with E-state index in [1.165, 1.54) is 6.92 Å². The maximum atomic E-state index is 11.9. The van der Waals surface area contributed by atoms with Crippen LogP contribution in [0.1, 0.15) is 44.1 Å². The minimum atomic E-state index is -0.521. The molecular formula is C12H18N4O3. The highest BCUT2D eigenvalue weighted by Crippen LogP contribution is 2.16. The van der Waals surface area contributed by atoms with Gasteiger partial charge in [0.05, 0.1) is 6.54 Å². The first-order valence-electron chi connectivity index (χ1n) is 6.19. The van der Waals surface area contributed by atoms with E-state index >= 15 is 0 Å². The van der Waals surface area contributed by atoms with Gasteiger partial charge in [-0.2, -0.15) is 0 Å². The Kier molecular flexibility index (Phi) is 3.30. The quantitative estimate of drug-likeness (QED) is 0.714. The molecule has 0 saturated heterocycles. The summed E-state index contributed by atoms with van der Waals surface area (Å²) in [5.41, 5.74) is -0.521. The Bertz CT molecular complexity index is 516. The number of ether oxygens (including phenoxy) is 1. The molecule has 0 aromatic carbocycles. The highest BCUT2D eigenvalue weighted by molar-refractivity contribution is 5.90. The first-order valence-corrected chi connectivity index (χ1v) is 6.19. The molecule has 7 heteroatoms. The van der Waals surface area contributed by atoms with Crippen molar-refractivity contribution in [2.24, 2.45) is 0 Å². The third-order valence-corrected chi connectivity index (χ3v) is 2.72. The smallest absolute Gasteiger partial charge is 0.410 e. The summed E-state index contributed by atoms with van der Waals surface area (Å²) in [6.07, 6.45) is -0.369. The molecule has 0 fully saturated rings. The Balaban J connectivity index is 2.11. The first-order chi connectivity index (χ1) is 8.78. The van der Waals surface area contributed by atoms with Gasteiger partial charge in [0.15, 0.2) is 17.4 Å². The van der Waals surface area contributed by atoms with Crippen molar-refractivity contribution in [2.45, 2.75) is 46.4 Å². The van der Waals surface area contributed by atoms with Gasteiger partial charge in [-0.3, -0.25) is 9.69 Å². The first kappa shape index (κ1) is 13.5. The summed E-state index contributed by atoms with van der Waals surface area (Å²) in [5.74, 6) is 0.839. The van der Waals surface area contributed by atoms with E-state index < -0.39 is 5.60 Å². The second kappa shape index (κ2) is 4.64. The predicted octanol–water partition coefficient (Wildman–Crippen LogP) is 1.23. The lowest BCUT2D eigenvalue weighted by molar-refractivity contribution is 0.0195. The van der Waals surface area contributed by atoms with E-state index in [1.807, 2.05) is 20.8 Å². The van der Waals surface area contributed by atoms with E-state index in [4.69, 9.17) is 4.74 Å². The lowest BCUT2D eigenvalue weighted by atomic mass is 10.2. The van der Waals surface area contributed by atoms with Crippen molar-refractivity contribution in [3.05, 3.63) is 11.6 Å². The van der Waals surface area contributed by atoms with Gasteiger partial charge in [-0.05, 0) is 20.8 Å². The van der Waals surface area contributed by atoms with Crippen molar-refractivity contribution in [2.75, 3.05) is 6.54 Å². The molecule has 7 nitrogen and oxygen atoms in total. The fourth-order valence-corrected chi connectivity index (χ4v) is 1.90. The Morgan fingerprint density at radius 2 is 1.89 bits per heavy atom. The van der Waals surface area contributed by atoms with Gasteiger partial charge in [0.1, 0.15) is 5.60 Å². The summed E-state index contributed by atoms with van der Waals surface area (Å²) in [7, 11) is 0. The number of nitrogens with zero attached hydrogens (tertiary/aromatic N) is 4. The number of ketones is 1. The summed E-state index contributed by atoms with van der Waals surface area (Å²) in [6, 6.07) is 0. The summed E-state index contributed by atoms with van der Waals surface area (Å²) in [6.45, 7) is 8.24. The van der Waals surface area contributed by atoms with Crippen LogP contribution in [0.25, 0.3) is 0 Å². The van der Waals surface area contributed by atoms with Gasteiger partial charge in [0.2, 0.25) is 0 Å². The topological polar surface area (TPSA) is 77.3 Å². The van der Waals surface area contributed by atoms with Crippen LogP contribution in [0.15, 0.2) is 0 Å². The SMILES string of the molecule is CC(=O)c1nnc2n1CCN(C(=O)OC(C)(C)C)C2. The van der Waals surface area contributed by atoms with Crippen molar-refractivity contribution in [1.82, 2.24) is 19.7 Å². The van der Waals surface area contributed by atoms with Gasteiger partial charge in [-0.1, -0.05) is 0 Å². The monoisotopic (exact) mass is 266 g/mol.